The van der Waals surface area contributed by atoms with Crippen LogP contribution in [0.15, 0.2) is 146 Å². The van der Waals surface area contributed by atoms with Gasteiger partial charge < -0.3 is 14.2 Å². The molecule has 0 saturated heterocycles. The van der Waals surface area contributed by atoms with Crippen LogP contribution in [0.1, 0.15) is 181 Å². The number of hydrogen-bond acceptors (Lipinski definition) is 6. The van der Waals surface area contributed by atoms with E-state index in [1.54, 1.807) is 0 Å². The summed E-state index contributed by atoms with van der Waals surface area (Å²) in [5, 5.41) is 0. The van der Waals surface area contributed by atoms with Crippen LogP contribution < -0.4 is 0 Å². The number of carbonyl (C=O) groups excluding carboxylic acids is 3. The van der Waals surface area contributed by atoms with E-state index in [0.717, 1.165) is 116 Å². The van der Waals surface area contributed by atoms with Crippen LogP contribution >= 0.6 is 0 Å². The van der Waals surface area contributed by atoms with Crippen molar-refractivity contribution >= 4 is 17.9 Å². The van der Waals surface area contributed by atoms with Crippen LogP contribution in [-0.2, 0) is 28.6 Å². The van der Waals surface area contributed by atoms with Crippen molar-refractivity contribution in [2.24, 2.45) is 0 Å². The van der Waals surface area contributed by atoms with Crippen molar-refractivity contribution in [3.05, 3.63) is 146 Å². The van der Waals surface area contributed by atoms with Gasteiger partial charge in [-0.2, -0.15) is 0 Å². The summed E-state index contributed by atoms with van der Waals surface area (Å²) in [6.07, 6.45) is 72.5. The monoisotopic (exact) mass is 881 g/mol. The summed E-state index contributed by atoms with van der Waals surface area (Å²) in [4.78, 5) is 38.0. The molecule has 0 aromatic heterocycles. The topological polar surface area (TPSA) is 78.9 Å². The Labute approximate surface area is 391 Å². The number of rotatable bonds is 42. The molecule has 1 unspecified atom stereocenters. The second-order valence-corrected chi connectivity index (χ2v) is 15.8. The van der Waals surface area contributed by atoms with Gasteiger partial charge in [-0.05, 0) is 83.5 Å². The molecule has 0 N–H and O–H groups in total. The Kier molecular flexibility index (Phi) is 47.2. The van der Waals surface area contributed by atoms with E-state index >= 15 is 0 Å². The zero-order valence-electron chi connectivity index (χ0n) is 40.5. The molecular weight excluding hydrogens is 793 g/mol. The predicted octanol–water partition coefficient (Wildman–Crippen LogP) is 16.5. The molecule has 0 aromatic carbocycles. The number of ether oxygens (including phenoxy) is 3. The summed E-state index contributed by atoms with van der Waals surface area (Å²) in [5.41, 5.74) is 0. The molecule has 6 nitrogen and oxygen atoms in total. The smallest absolute Gasteiger partial charge is 0.306 e. The molecule has 0 fully saturated rings. The third-order valence-corrected chi connectivity index (χ3v) is 9.83. The van der Waals surface area contributed by atoms with Gasteiger partial charge in [-0.25, -0.2) is 0 Å². The quantitative estimate of drug-likeness (QED) is 0.0200. The zero-order chi connectivity index (χ0) is 46.5. The largest absolute Gasteiger partial charge is 0.462 e. The Bertz CT molecular complexity index is 1480. The average molecular weight is 881 g/mol. The highest BCUT2D eigenvalue weighted by Gasteiger charge is 2.19. The first-order valence-electron chi connectivity index (χ1n) is 25.0. The van der Waals surface area contributed by atoms with Crippen molar-refractivity contribution in [3.63, 3.8) is 0 Å². The van der Waals surface area contributed by atoms with Gasteiger partial charge in [0.2, 0.25) is 0 Å². The third-order valence-electron chi connectivity index (χ3n) is 9.83. The lowest BCUT2D eigenvalue weighted by Gasteiger charge is -2.18. The van der Waals surface area contributed by atoms with Gasteiger partial charge in [0, 0.05) is 19.3 Å². The Morgan fingerprint density at radius 1 is 0.328 bits per heavy atom. The highest BCUT2D eigenvalue weighted by atomic mass is 16.6. The van der Waals surface area contributed by atoms with E-state index in [9.17, 15) is 14.4 Å². The standard InChI is InChI=1S/C58H88O6/c1-4-7-10-13-16-19-22-25-27-28-29-30-31-34-36-39-42-45-48-51-57(60)63-54-55(53-62-56(59)50-47-44-41-38-35-32-24-21-18-15-12-9-6-3)64-58(61)52-49-46-43-40-37-33-26-23-20-17-14-11-8-5-2/h7-13,15-22,24-25,27-31,34,36,55H,4-6,14,23,26,32-33,35,37-54H2,1-3H3/b10-7+,11-8+,12-9+,16-13+,18-15+,20-17+,22-19+,24-21+,27-25+,29-28+,31-30+,36-34+. The number of unbranched alkanes of at least 4 members (excludes halogenated alkanes) is 15. The number of esters is 3. The minimum absolute atomic E-state index is 0.114. The van der Waals surface area contributed by atoms with Crippen LogP contribution in [0.5, 0.6) is 0 Å². The second-order valence-electron chi connectivity index (χ2n) is 15.8. The van der Waals surface area contributed by atoms with E-state index in [-0.39, 0.29) is 31.1 Å². The van der Waals surface area contributed by atoms with Crippen molar-refractivity contribution < 1.29 is 28.6 Å². The summed E-state index contributed by atoms with van der Waals surface area (Å²) < 4.78 is 16.7. The molecule has 6 heteroatoms. The minimum Gasteiger partial charge on any atom is -0.462 e. The van der Waals surface area contributed by atoms with Crippen LogP contribution in [0.2, 0.25) is 0 Å². The Morgan fingerprint density at radius 3 is 1.06 bits per heavy atom. The molecule has 0 bridgehead atoms. The molecule has 356 valence electrons. The molecule has 64 heavy (non-hydrogen) atoms. The van der Waals surface area contributed by atoms with Gasteiger partial charge in [-0.1, -0.05) is 224 Å². The highest BCUT2D eigenvalue weighted by molar-refractivity contribution is 5.71. The maximum absolute atomic E-state index is 12.8. The Hall–Kier alpha value is -4.71. The van der Waals surface area contributed by atoms with Gasteiger partial charge in [0.25, 0.3) is 0 Å². The van der Waals surface area contributed by atoms with Crippen molar-refractivity contribution in [1.29, 1.82) is 0 Å². The first-order valence-corrected chi connectivity index (χ1v) is 25.0. The summed E-state index contributed by atoms with van der Waals surface area (Å²) >= 11 is 0. The lowest BCUT2D eigenvalue weighted by atomic mass is 10.1. The van der Waals surface area contributed by atoms with Crippen molar-refractivity contribution in [1.82, 2.24) is 0 Å². The normalized spacial score (nSPS) is 13.4. The fraction of sp³-hybridized carbons (Fsp3) is 0.534. The van der Waals surface area contributed by atoms with Gasteiger partial charge >= 0.3 is 17.9 Å². The van der Waals surface area contributed by atoms with Crippen LogP contribution in [0.25, 0.3) is 0 Å². The number of allylic oxidation sites excluding steroid dienone is 24. The number of hydrogen-bond donors (Lipinski definition) is 0. The lowest BCUT2D eigenvalue weighted by Crippen LogP contribution is -2.30. The van der Waals surface area contributed by atoms with Crippen molar-refractivity contribution in [2.45, 2.75) is 187 Å². The van der Waals surface area contributed by atoms with E-state index < -0.39 is 6.10 Å². The first kappa shape index (κ1) is 59.3. The average Bonchev–Trinajstić information content (AvgIpc) is 3.29. The first-order chi connectivity index (χ1) is 31.5. The minimum atomic E-state index is -0.816. The van der Waals surface area contributed by atoms with Gasteiger partial charge in [-0.15, -0.1) is 0 Å². The molecule has 0 rings (SSSR count). The molecule has 0 aromatic rings. The summed E-state index contributed by atoms with van der Waals surface area (Å²) in [6, 6.07) is 0. The van der Waals surface area contributed by atoms with Gasteiger partial charge in [-0.3, -0.25) is 14.4 Å². The maximum Gasteiger partial charge on any atom is 0.306 e. The summed E-state index contributed by atoms with van der Waals surface area (Å²) in [5.74, 6) is -1.00. The Morgan fingerprint density at radius 2 is 0.641 bits per heavy atom. The molecule has 0 aliphatic carbocycles. The molecule has 0 amide bonds. The fourth-order valence-corrected chi connectivity index (χ4v) is 6.17. The van der Waals surface area contributed by atoms with Crippen LogP contribution in [-0.4, -0.2) is 37.2 Å². The molecule has 0 aliphatic heterocycles. The molecular formula is C58H88O6. The van der Waals surface area contributed by atoms with Crippen molar-refractivity contribution in [2.75, 3.05) is 13.2 Å². The zero-order valence-corrected chi connectivity index (χ0v) is 40.5. The maximum atomic E-state index is 12.8. The summed E-state index contributed by atoms with van der Waals surface area (Å²) in [6.45, 7) is 6.16. The predicted molar refractivity (Wildman–Crippen MR) is 274 cm³/mol. The molecule has 1 atom stereocenters. The highest BCUT2D eigenvalue weighted by Crippen LogP contribution is 2.13. The third kappa shape index (κ3) is 48.3. The molecule has 0 aliphatic rings. The van der Waals surface area contributed by atoms with Crippen molar-refractivity contribution in [3.8, 4) is 0 Å². The van der Waals surface area contributed by atoms with E-state index in [2.05, 4.69) is 87.6 Å². The fourth-order valence-electron chi connectivity index (χ4n) is 6.17. The lowest BCUT2D eigenvalue weighted by molar-refractivity contribution is -0.167. The van der Waals surface area contributed by atoms with Gasteiger partial charge in [0.1, 0.15) is 13.2 Å². The van der Waals surface area contributed by atoms with Gasteiger partial charge in [0.05, 0.1) is 0 Å². The second kappa shape index (κ2) is 50.9. The van der Waals surface area contributed by atoms with Crippen LogP contribution in [0.3, 0.4) is 0 Å². The Balaban J connectivity index is 4.56. The van der Waals surface area contributed by atoms with Gasteiger partial charge in [0.15, 0.2) is 6.10 Å². The van der Waals surface area contributed by atoms with E-state index in [0.29, 0.717) is 19.3 Å². The van der Waals surface area contributed by atoms with Crippen LogP contribution in [0.4, 0.5) is 0 Å². The molecule has 0 spiro atoms. The SMILES string of the molecule is CC/C=C/C=C/C=C/C=C/C=C/C=C/C=C/CCCCCC(=O)OCC(COC(=O)CCCCCCC/C=C/C=C/C=C/CC)OC(=O)CCCCCCCCC/C=C/C/C=C/CC. The number of carbonyl (C=O) groups is 3. The van der Waals surface area contributed by atoms with E-state index in [4.69, 9.17) is 14.2 Å². The molecule has 0 heterocycles. The molecule has 0 radical (unpaired) electrons. The van der Waals surface area contributed by atoms with Crippen LogP contribution in [0, 0.1) is 0 Å². The van der Waals surface area contributed by atoms with E-state index in [1.165, 1.54) is 25.7 Å². The molecule has 0 saturated carbocycles. The van der Waals surface area contributed by atoms with E-state index in [1.807, 2.05) is 79.0 Å². The summed E-state index contributed by atoms with van der Waals surface area (Å²) in [7, 11) is 0.